The smallest absolute Gasteiger partial charge is 0.410 e. The normalized spacial score (nSPS) is 23.2. The zero-order chi connectivity index (χ0) is 23.9. The third-order valence-electron chi connectivity index (χ3n) is 8.02. The Kier molecular flexibility index (Phi) is 8.63. The van der Waals surface area contributed by atoms with Crippen molar-refractivity contribution in [2.45, 2.75) is 103 Å². The molecule has 2 aliphatic carbocycles. The van der Waals surface area contributed by atoms with Gasteiger partial charge in [0.05, 0.1) is 0 Å². The van der Waals surface area contributed by atoms with Crippen molar-refractivity contribution in [2.75, 3.05) is 6.54 Å². The highest BCUT2D eigenvalue weighted by atomic mass is 16.6. The first-order valence-corrected chi connectivity index (χ1v) is 13.3. The molecule has 1 aromatic rings. The van der Waals surface area contributed by atoms with Gasteiger partial charge in [-0.1, -0.05) is 50.3 Å². The summed E-state index contributed by atoms with van der Waals surface area (Å²) in [5, 5.41) is 8.95. The molecule has 6 heteroatoms. The number of carbonyl (C=O) groups excluding carboxylic acids is 2. The summed E-state index contributed by atoms with van der Waals surface area (Å²) in [4.78, 5) is 37.9. The number of hydrogen-bond donors (Lipinski definition) is 1. The summed E-state index contributed by atoms with van der Waals surface area (Å²) in [6, 6.07) is 6.26. The van der Waals surface area contributed by atoms with Gasteiger partial charge in [0.2, 0.25) is 0 Å². The van der Waals surface area contributed by atoms with Gasteiger partial charge < -0.3 is 14.7 Å². The summed E-state index contributed by atoms with van der Waals surface area (Å²) in [6.07, 6.45) is 12.5. The zero-order valence-electron chi connectivity index (χ0n) is 20.3. The molecule has 1 N–H and O–H groups in total. The molecule has 4 rings (SSSR count). The molecule has 0 saturated heterocycles. The van der Waals surface area contributed by atoms with E-state index in [1.807, 2.05) is 6.07 Å². The topological polar surface area (TPSA) is 83.9 Å². The number of carbonyl (C=O) groups is 3. The van der Waals surface area contributed by atoms with Crippen molar-refractivity contribution in [1.29, 1.82) is 0 Å². The van der Waals surface area contributed by atoms with Crippen molar-refractivity contribution in [3.05, 3.63) is 34.9 Å². The van der Waals surface area contributed by atoms with Crippen LogP contribution >= 0.6 is 0 Å². The molecule has 0 bridgehead atoms. The Morgan fingerprint density at radius 3 is 2.44 bits per heavy atom. The highest BCUT2D eigenvalue weighted by molar-refractivity contribution is 5.81. The number of rotatable bonds is 8. The first kappa shape index (κ1) is 24.7. The number of fused-ring (bicyclic) bond motifs is 1. The van der Waals surface area contributed by atoms with E-state index in [0.29, 0.717) is 31.7 Å². The fourth-order valence-corrected chi connectivity index (χ4v) is 5.95. The lowest BCUT2D eigenvalue weighted by molar-refractivity contribution is -0.138. The van der Waals surface area contributed by atoms with Crippen LogP contribution in [-0.2, 0) is 33.7 Å². The van der Waals surface area contributed by atoms with Gasteiger partial charge in [0.1, 0.15) is 11.9 Å². The average Bonchev–Trinajstić information content (AvgIpc) is 2.84. The third-order valence-corrected chi connectivity index (χ3v) is 8.02. The quantitative estimate of drug-likeness (QED) is 0.529. The van der Waals surface area contributed by atoms with Gasteiger partial charge in [-0.3, -0.25) is 9.59 Å². The van der Waals surface area contributed by atoms with Crippen LogP contribution < -0.4 is 0 Å². The maximum atomic E-state index is 12.7. The molecule has 1 amide bonds. The van der Waals surface area contributed by atoms with E-state index in [9.17, 15) is 14.4 Å². The molecule has 1 heterocycles. The number of hydrogen-bond acceptors (Lipinski definition) is 4. The van der Waals surface area contributed by atoms with Gasteiger partial charge in [-0.15, -0.1) is 0 Å². The lowest BCUT2D eigenvalue weighted by Crippen LogP contribution is -2.39. The Labute approximate surface area is 203 Å². The number of ketones is 1. The lowest BCUT2D eigenvalue weighted by Gasteiger charge is -2.32. The Hall–Kier alpha value is -2.37. The van der Waals surface area contributed by atoms with Crippen molar-refractivity contribution in [1.82, 2.24) is 4.90 Å². The van der Waals surface area contributed by atoms with Gasteiger partial charge in [0.15, 0.2) is 0 Å². The van der Waals surface area contributed by atoms with Crippen molar-refractivity contribution in [3.63, 3.8) is 0 Å². The molecule has 1 aromatic carbocycles. The van der Waals surface area contributed by atoms with Crippen molar-refractivity contribution in [3.8, 4) is 0 Å². The van der Waals surface area contributed by atoms with E-state index >= 15 is 0 Å². The minimum Gasteiger partial charge on any atom is -0.481 e. The number of amides is 1. The summed E-state index contributed by atoms with van der Waals surface area (Å²) in [7, 11) is 0. The number of benzene rings is 1. The summed E-state index contributed by atoms with van der Waals surface area (Å²) in [5.41, 5.74) is 3.45. The van der Waals surface area contributed by atoms with Crippen LogP contribution in [0.4, 0.5) is 4.79 Å². The third kappa shape index (κ3) is 7.07. The predicted octanol–water partition coefficient (Wildman–Crippen LogP) is 5.69. The van der Waals surface area contributed by atoms with Gasteiger partial charge in [0.25, 0.3) is 0 Å². The monoisotopic (exact) mass is 469 g/mol. The van der Waals surface area contributed by atoms with Crippen LogP contribution in [0.3, 0.4) is 0 Å². The second kappa shape index (κ2) is 11.9. The van der Waals surface area contributed by atoms with E-state index in [-0.39, 0.29) is 24.5 Å². The van der Waals surface area contributed by atoms with E-state index in [4.69, 9.17) is 9.84 Å². The number of nitrogens with zero attached hydrogens (tertiary/aromatic N) is 1. The van der Waals surface area contributed by atoms with Gasteiger partial charge >= 0.3 is 12.1 Å². The van der Waals surface area contributed by atoms with E-state index in [2.05, 4.69) is 12.1 Å². The van der Waals surface area contributed by atoms with E-state index in [0.717, 1.165) is 55.6 Å². The molecule has 34 heavy (non-hydrogen) atoms. The van der Waals surface area contributed by atoms with E-state index in [1.54, 1.807) is 4.90 Å². The molecular formula is C28H39NO5. The number of Topliss-reactive ketones (excluding diaryl/α,β-unsaturated/α-hetero) is 1. The standard InChI is InChI=1S/C28H39NO5/c30-25(11-7-20-4-2-1-3-5-20)17-22-6-10-24-19-29(15-14-23(24)16-22)28(33)34-26-12-8-21(9-13-26)18-27(31)32/h6,10,16,20-21,26H,1-5,7-9,11-15,17-19H2,(H,31,32). The Morgan fingerprint density at radius 2 is 1.71 bits per heavy atom. The molecule has 0 spiro atoms. The molecule has 1 aliphatic heterocycles. The highest BCUT2D eigenvalue weighted by Gasteiger charge is 2.28. The zero-order valence-corrected chi connectivity index (χ0v) is 20.3. The van der Waals surface area contributed by atoms with Crippen LogP contribution in [0.15, 0.2) is 18.2 Å². The van der Waals surface area contributed by atoms with Crippen LogP contribution in [0, 0.1) is 11.8 Å². The number of aliphatic carboxylic acids is 1. The number of carboxylic acid groups (broad SMARTS) is 1. The van der Waals surface area contributed by atoms with Gasteiger partial charge in [-0.2, -0.15) is 0 Å². The van der Waals surface area contributed by atoms with E-state index in [1.165, 1.54) is 37.7 Å². The van der Waals surface area contributed by atoms with Gasteiger partial charge in [0, 0.05) is 32.4 Å². The molecule has 2 fully saturated rings. The molecular weight excluding hydrogens is 430 g/mol. The maximum Gasteiger partial charge on any atom is 0.410 e. The summed E-state index contributed by atoms with van der Waals surface area (Å²) in [5.74, 6) is 0.526. The lowest BCUT2D eigenvalue weighted by atomic mass is 9.85. The second-order valence-electron chi connectivity index (χ2n) is 10.7. The molecule has 3 aliphatic rings. The van der Waals surface area contributed by atoms with Crippen molar-refractivity contribution in [2.24, 2.45) is 11.8 Å². The minimum absolute atomic E-state index is 0.110. The van der Waals surface area contributed by atoms with Gasteiger partial charge in [-0.05, 0) is 67.1 Å². The molecule has 6 nitrogen and oxygen atoms in total. The second-order valence-corrected chi connectivity index (χ2v) is 10.7. The molecule has 0 unspecified atom stereocenters. The maximum absolute atomic E-state index is 12.7. The summed E-state index contributed by atoms with van der Waals surface area (Å²) < 4.78 is 5.75. The Bertz CT molecular complexity index is 868. The van der Waals surface area contributed by atoms with Crippen LogP contribution in [0.5, 0.6) is 0 Å². The fraction of sp³-hybridized carbons (Fsp3) is 0.679. The number of carboxylic acids is 1. The van der Waals surface area contributed by atoms with Crippen LogP contribution in [0.2, 0.25) is 0 Å². The Balaban J connectivity index is 1.22. The summed E-state index contributed by atoms with van der Waals surface area (Å²) in [6.45, 7) is 1.16. The van der Waals surface area contributed by atoms with E-state index < -0.39 is 5.97 Å². The molecule has 0 atom stereocenters. The molecule has 0 radical (unpaired) electrons. The van der Waals surface area contributed by atoms with Crippen molar-refractivity contribution >= 4 is 17.8 Å². The van der Waals surface area contributed by atoms with Crippen LogP contribution in [-0.4, -0.2) is 40.5 Å². The SMILES string of the molecule is O=C(O)CC1CCC(OC(=O)N2CCc3cc(CC(=O)CCC4CCCCC4)ccc3C2)CC1. The number of ether oxygens (including phenoxy) is 1. The molecule has 186 valence electrons. The van der Waals surface area contributed by atoms with Crippen LogP contribution in [0.1, 0.15) is 93.7 Å². The van der Waals surface area contributed by atoms with Crippen LogP contribution in [0.25, 0.3) is 0 Å². The largest absolute Gasteiger partial charge is 0.481 e. The van der Waals surface area contributed by atoms with Gasteiger partial charge in [-0.25, -0.2) is 4.79 Å². The Morgan fingerprint density at radius 1 is 0.941 bits per heavy atom. The molecule has 2 saturated carbocycles. The molecule has 0 aromatic heterocycles. The predicted molar refractivity (Wildman–Crippen MR) is 130 cm³/mol. The minimum atomic E-state index is -0.751. The van der Waals surface area contributed by atoms with Crippen molar-refractivity contribution < 1.29 is 24.2 Å². The average molecular weight is 470 g/mol. The first-order chi connectivity index (χ1) is 16.5. The summed E-state index contributed by atoms with van der Waals surface area (Å²) >= 11 is 0. The fourth-order valence-electron chi connectivity index (χ4n) is 5.95. The highest BCUT2D eigenvalue weighted by Crippen LogP contribution is 2.30. The first-order valence-electron chi connectivity index (χ1n) is 13.3.